The van der Waals surface area contributed by atoms with Crippen molar-refractivity contribution < 1.29 is 14.3 Å². The van der Waals surface area contributed by atoms with Gasteiger partial charge >= 0.3 is 0 Å². The highest BCUT2D eigenvalue weighted by Gasteiger charge is 2.33. The van der Waals surface area contributed by atoms with Gasteiger partial charge < -0.3 is 20.1 Å². The van der Waals surface area contributed by atoms with Crippen molar-refractivity contribution in [2.45, 2.75) is 31.2 Å². The summed E-state index contributed by atoms with van der Waals surface area (Å²) in [6.07, 6.45) is 6.26. The second-order valence-electron chi connectivity index (χ2n) is 8.51. The minimum atomic E-state index is -0.0665. The number of amides is 1. The number of hydrogen-bond acceptors (Lipinski definition) is 7. The Labute approximate surface area is 197 Å². The van der Waals surface area contributed by atoms with Gasteiger partial charge in [-0.2, -0.15) is 10.1 Å². The number of nitrogen functional groups attached to an aromatic ring is 1. The summed E-state index contributed by atoms with van der Waals surface area (Å²) in [4.78, 5) is 22.6. The van der Waals surface area contributed by atoms with Gasteiger partial charge in [-0.15, -0.1) is 0 Å². The summed E-state index contributed by atoms with van der Waals surface area (Å²) in [5, 5.41) is 5.67. The van der Waals surface area contributed by atoms with Crippen LogP contribution in [0.25, 0.3) is 10.9 Å². The number of nitrogens with zero attached hydrogens (tertiary/aromatic N) is 5. The Balaban J connectivity index is 1.62. The Morgan fingerprint density at radius 3 is 2.59 bits per heavy atom. The van der Waals surface area contributed by atoms with E-state index in [2.05, 4.69) is 28.4 Å². The molecule has 0 aromatic carbocycles. The zero-order valence-electron chi connectivity index (χ0n) is 19.2. The van der Waals surface area contributed by atoms with Gasteiger partial charge in [0.15, 0.2) is 0 Å². The first kappa shape index (κ1) is 21.8. The number of aromatic nitrogens is 4. The van der Waals surface area contributed by atoms with Gasteiger partial charge in [-0.1, -0.05) is 12.5 Å². The van der Waals surface area contributed by atoms with E-state index in [0.717, 1.165) is 35.7 Å². The van der Waals surface area contributed by atoms with Crippen LogP contribution in [0.2, 0.25) is 0 Å². The Kier molecular flexibility index (Phi) is 5.57. The fourth-order valence-electron chi connectivity index (χ4n) is 4.43. The maximum Gasteiger partial charge on any atom is 0.246 e. The molecule has 0 bridgehead atoms. The van der Waals surface area contributed by atoms with E-state index in [-0.39, 0.29) is 11.9 Å². The molecule has 1 aliphatic carbocycles. The topological polar surface area (TPSA) is 108 Å². The lowest BCUT2D eigenvalue weighted by Gasteiger charge is -2.16. The molecule has 34 heavy (non-hydrogen) atoms. The Morgan fingerprint density at radius 1 is 1.21 bits per heavy atom. The maximum atomic E-state index is 12.2. The van der Waals surface area contributed by atoms with Crippen LogP contribution in [-0.2, 0) is 4.79 Å². The van der Waals surface area contributed by atoms with Crippen molar-refractivity contribution in [3.8, 4) is 23.6 Å². The molecule has 2 fully saturated rings. The van der Waals surface area contributed by atoms with Crippen molar-refractivity contribution in [1.29, 1.82) is 0 Å². The van der Waals surface area contributed by atoms with Crippen molar-refractivity contribution in [2.24, 2.45) is 0 Å². The molecule has 1 aliphatic heterocycles. The molecule has 1 atom stereocenters. The lowest BCUT2D eigenvalue weighted by Crippen LogP contribution is -2.27. The van der Waals surface area contributed by atoms with Crippen molar-refractivity contribution in [2.75, 3.05) is 33.0 Å². The third kappa shape index (κ3) is 3.92. The van der Waals surface area contributed by atoms with Gasteiger partial charge in [-0.25, -0.2) is 4.98 Å². The second-order valence-corrected chi connectivity index (χ2v) is 8.51. The van der Waals surface area contributed by atoms with Crippen LogP contribution in [0.3, 0.4) is 0 Å². The summed E-state index contributed by atoms with van der Waals surface area (Å²) in [6.45, 7) is 4.84. The van der Waals surface area contributed by atoms with E-state index in [1.807, 2.05) is 10.9 Å². The van der Waals surface area contributed by atoms with Gasteiger partial charge in [-0.3, -0.25) is 9.48 Å². The van der Waals surface area contributed by atoms with Gasteiger partial charge in [0.2, 0.25) is 17.7 Å². The van der Waals surface area contributed by atoms with Crippen LogP contribution in [0.5, 0.6) is 11.8 Å². The Bertz CT molecular complexity index is 1330. The lowest BCUT2D eigenvalue weighted by molar-refractivity contribution is -0.125. The summed E-state index contributed by atoms with van der Waals surface area (Å²) in [7, 11) is 3.09. The molecule has 3 aromatic rings. The number of likely N-dealkylation sites (tertiary alicyclic amines) is 1. The molecule has 5 rings (SSSR count). The second kappa shape index (κ2) is 8.71. The molecule has 1 saturated heterocycles. The van der Waals surface area contributed by atoms with Crippen LogP contribution in [0.4, 0.5) is 5.82 Å². The summed E-state index contributed by atoms with van der Waals surface area (Å²) in [5.41, 5.74) is 9.72. The molecule has 0 spiro atoms. The van der Waals surface area contributed by atoms with Crippen molar-refractivity contribution >= 4 is 22.6 Å². The molecule has 1 amide bonds. The molecule has 0 unspecified atom stereocenters. The van der Waals surface area contributed by atoms with Crippen molar-refractivity contribution in [3.05, 3.63) is 47.8 Å². The number of carbonyl (C=O) groups excluding carboxylic acids is 1. The SMILES string of the molecule is C=CC(=O)N1CC[C@H](n2nc(C#Cc3cc(OC)nc(OC)c3)c3c(N)ncc(C4CC4)c32)C1. The average molecular weight is 459 g/mol. The van der Waals surface area contributed by atoms with E-state index >= 15 is 0 Å². The minimum Gasteiger partial charge on any atom is -0.481 e. The number of carbonyl (C=O) groups is 1. The van der Waals surface area contributed by atoms with Crippen LogP contribution in [-0.4, -0.2) is 57.9 Å². The maximum absolute atomic E-state index is 12.2. The largest absolute Gasteiger partial charge is 0.481 e. The zero-order valence-corrected chi connectivity index (χ0v) is 19.2. The fourth-order valence-corrected chi connectivity index (χ4v) is 4.43. The quantitative estimate of drug-likeness (QED) is 0.462. The third-order valence-corrected chi connectivity index (χ3v) is 6.32. The van der Waals surface area contributed by atoms with Crippen LogP contribution < -0.4 is 15.2 Å². The number of pyridine rings is 2. The lowest BCUT2D eigenvalue weighted by atomic mass is 10.1. The zero-order chi connectivity index (χ0) is 23.8. The number of fused-ring (bicyclic) bond motifs is 1. The molecule has 9 heteroatoms. The first-order chi connectivity index (χ1) is 16.5. The van der Waals surface area contributed by atoms with E-state index in [0.29, 0.717) is 47.8 Å². The Hall–Kier alpha value is -4.06. The minimum absolute atomic E-state index is 0.0300. The first-order valence-corrected chi connectivity index (χ1v) is 11.2. The highest BCUT2D eigenvalue weighted by molar-refractivity contribution is 5.95. The summed E-state index contributed by atoms with van der Waals surface area (Å²) >= 11 is 0. The number of nitrogens with two attached hydrogens (primary N) is 1. The van der Waals surface area contributed by atoms with Crippen LogP contribution in [0, 0.1) is 11.8 Å². The smallest absolute Gasteiger partial charge is 0.246 e. The van der Waals surface area contributed by atoms with Crippen LogP contribution in [0.1, 0.15) is 48.0 Å². The first-order valence-electron chi connectivity index (χ1n) is 11.2. The van der Waals surface area contributed by atoms with Crippen molar-refractivity contribution in [1.82, 2.24) is 24.6 Å². The monoisotopic (exact) mass is 458 g/mol. The molecule has 2 N–H and O–H groups in total. The standard InChI is InChI=1S/C25H26N6O3/c1-4-22(32)30-10-9-17(14-30)31-24-18(16-6-7-16)13-27-25(26)23(24)19(29-31)8-5-15-11-20(33-2)28-21(12-15)34-3/h4,11-13,16-17H,1,6-7,9-10,14H2,2-3H3,(H2,26,27)/t17-/m0/s1. The van der Waals surface area contributed by atoms with E-state index in [9.17, 15) is 4.79 Å². The highest BCUT2D eigenvalue weighted by atomic mass is 16.5. The number of hydrogen-bond donors (Lipinski definition) is 1. The van der Waals surface area contributed by atoms with Gasteiger partial charge in [0.05, 0.1) is 31.2 Å². The van der Waals surface area contributed by atoms with E-state index in [1.165, 1.54) is 6.08 Å². The molecular weight excluding hydrogens is 432 g/mol. The number of rotatable bonds is 5. The van der Waals surface area contributed by atoms with E-state index < -0.39 is 0 Å². The normalized spacial score (nSPS) is 17.4. The summed E-state index contributed by atoms with van der Waals surface area (Å²) in [6, 6.07) is 3.51. The average Bonchev–Trinajstić information content (AvgIpc) is 3.45. The van der Waals surface area contributed by atoms with Gasteiger partial charge in [0, 0.05) is 37.0 Å². The van der Waals surface area contributed by atoms with E-state index in [4.69, 9.17) is 20.3 Å². The van der Waals surface area contributed by atoms with Crippen LogP contribution in [0.15, 0.2) is 31.0 Å². The number of anilines is 1. The molecule has 0 radical (unpaired) electrons. The molecular formula is C25H26N6O3. The number of methoxy groups -OCH3 is 2. The molecule has 9 nitrogen and oxygen atoms in total. The summed E-state index contributed by atoms with van der Waals surface area (Å²) in [5.74, 6) is 7.94. The predicted octanol–water partition coefficient (Wildman–Crippen LogP) is 2.66. The third-order valence-electron chi connectivity index (χ3n) is 6.32. The fraction of sp³-hybridized carbons (Fsp3) is 0.360. The molecule has 1 saturated carbocycles. The number of ether oxygens (including phenoxy) is 2. The molecule has 3 aromatic heterocycles. The van der Waals surface area contributed by atoms with Crippen molar-refractivity contribution in [3.63, 3.8) is 0 Å². The van der Waals surface area contributed by atoms with Gasteiger partial charge in [0.25, 0.3) is 0 Å². The van der Waals surface area contributed by atoms with Gasteiger partial charge in [-0.05, 0) is 42.7 Å². The summed E-state index contributed by atoms with van der Waals surface area (Å²) < 4.78 is 12.5. The van der Waals surface area contributed by atoms with E-state index in [1.54, 1.807) is 31.3 Å². The van der Waals surface area contributed by atoms with Crippen LogP contribution >= 0.6 is 0 Å². The highest BCUT2D eigenvalue weighted by Crippen LogP contribution is 2.45. The van der Waals surface area contributed by atoms with Gasteiger partial charge in [0.1, 0.15) is 11.5 Å². The molecule has 174 valence electrons. The predicted molar refractivity (Wildman–Crippen MR) is 128 cm³/mol. The Morgan fingerprint density at radius 2 is 1.94 bits per heavy atom. The molecule has 4 heterocycles. The molecule has 2 aliphatic rings.